The normalized spacial score (nSPS) is 15.9. The van der Waals surface area contributed by atoms with Crippen LogP contribution in [0.15, 0.2) is 70.1 Å². The standard InChI is InChI=1S/C25H31N5O2S/c1-17(2)16-30-22(26)21(24(31)29(5)25(30)32)23(33-20-9-7-6-8-10-20)27-15-18-11-13-19(14-12-18)28(3)4/h6-14,17,26-27H,15-16H2,1-5H3/b23-21-,26-22?. The van der Waals surface area contributed by atoms with E-state index in [9.17, 15) is 9.59 Å². The molecule has 1 heterocycles. The summed E-state index contributed by atoms with van der Waals surface area (Å²) in [6, 6.07) is 17.4. The SMILES string of the molecule is CC(C)CN1C(=N)/C(=C(\NCc2ccc(N(C)C)cc2)Sc2ccccc2)C(=O)N(C)C1=O. The van der Waals surface area contributed by atoms with E-state index in [1.807, 2.05) is 87.4 Å². The molecular weight excluding hydrogens is 434 g/mol. The van der Waals surface area contributed by atoms with Gasteiger partial charge in [-0.05, 0) is 35.7 Å². The Kier molecular flexibility index (Phi) is 7.81. The summed E-state index contributed by atoms with van der Waals surface area (Å²) in [7, 11) is 5.45. The molecule has 1 saturated heterocycles. The molecule has 8 heteroatoms. The highest BCUT2D eigenvalue weighted by Gasteiger charge is 2.39. The van der Waals surface area contributed by atoms with E-state index in [2.05, 4.69) is 5.32 Å². The van der Waals surface area contributed by atoms with Crippen LogP contribution in [0.1, 0.15) is 19.4 Å². The quantitative estimate of drug-likeness (QED) is 0.447. The fraction of sp³-hybridized carbons (Fsp3) is 0.320. The Bertz CT molecular complexity index is 1050. The molecule has 0 bridgehead atoms. The first-order valence-electron chi connectivity index (χ1n) is 10.8. The average molecular weight is 466 g/mol. The summed E-state index contributed by atoms with van der Waals surface area (Å²) in [6.07, 6.45) is 0. The lowest BCUT2D eigenvalue weighted by Crippen LogP contribution is -2.56. The van der Waals surface area contributed by atoms with Crippen molar-refractivity contribution >= 4 is 35.2 Å². The monoisotopic (exact) mass is 465 g/mol. The first kappa shape index (κ1) is 24.4. The number of imide groups is 1. The van der Waals surface area contributed by atoms with Crippen molar-refractivity contribution in [3.8, 4) is 0 Å². The predicted molar refractivity (Wildman–Crippen MR) is 134 cm³/mol. The molecule has 2 N–H and O–H groups in total. The van der Waals surface area contributed by atoms with E-state index in [1.165, 1.54) is 23.7 Å². The Hall–Kier alpha value is -3.26. The number of hydrogen-bond donors (Lipinski definition) is 2. The number of benzene rings is 2. The third-order valence-corrected chi connectivity index (χ3v) is 6.25. The van der Waals surface area contributed by atoms with Crippen molar-refractivity contribution in [2.45, 2.75) is 25.3 Å². The van der Waals surface area contributed by atoms with Crippen LogP contribution in [0.3, 0.4) is 0 Å². The number of nitrogens with one attached hydrogen (secondary N) is 2. The second-order valence-electron chi connectivity index (χ2n) is 8.53. The van der Waals surface area contributed by atoms with Gasteiger partial charge in [0, 0.05) is 44.8 Å². The molecule has 0 unspecified atom stereocenters. The molecule has 33 heavy (non-hydrogen) atoms. The molecule has 3 amide bonds. The van der Waals surface area contributed by atoms with Gasteiger partial charge in [-0.2, -0.15) is 0 Å². The van der Waals surface area contributed by atoms with E-state index in [0.29, 0.717) is 18.1 Å². The van der Waals surface area contributed by atoms with Crippen LogP contribution in [0.4, 0.5) is 10.5 Å². The van der Waals surface area contributed by atoms with E-state index < -0.39 is 11.9 Å². The molecular formula is C25H31N5O2S. The van der Waals surface area contributed by atoms with Gasteiger partial charge in [-0.25, -0.2) is 4.79 Å². The number of urea groups is 1. The first-order valence-corrected chi connectivity index (χ1v) is 11.7. The second-order valence-corrected chi connectivity index (χ2v) is 9.62. The summed E-state index contributed by atoms with van der Waals surface area (Å²) in [5, 5.41) is 12.7. The highest BCUT2D eigenvalue weighted by atomic mass is 32.2. The minimum absolute atomic E-state index is 0.0642. The first-order chi connectivity index (χ1) is 15.7. The van der Waals surface area contributed by atoms with Crippen LogP contribution in [0.25, 0.3) is 0 Å². The molecule has 1 aliphatic rings. The van der Waals surface area contributed by atoms with Crippen LogP contribution in [0.2, 0.25) is 0 Å². The second kappa shape index (κ2) is 10.6. The Morgan fingerprint density at radius 2 is 1.70 bits per heavy atom. The van der Waals surface area contributed by atoms with Gasteiger partial charge in [-0.15, -0.1) is 0 Å². The van der Waals surface area contributed by atoms with Gasteiger partial charge in [0.1, 0.15) is 11.4 Å². The van der Waals surface area contributed by atoms with Gasteiger partial charge in [0.15, 0.2) is 0 Å². The fourth-order valence-corrected chi connectivity index (χ4v) is 4.34. The van der Waals surface area contributed by atoms with Crippen molar-refractivity contribution in [3.05, 3.63) is 70.8 Å². The number of amides is 3. The zero-order chi connectivity index (χ0) is 24.1. The maximum atomic E-state index is 13.2. The number of amidine groups is 1. The van der Waals surface area contributed by atoms with Crippen molar-refractivity contribution in [2.75, 3.05) is 32.6 Å². The van der Waals surface area contributed by atoms with Crippen LogP contribution in [-0.2, 0) is 11.3 Å². The predicted octanol–water partition coefficient (Wildman–Crippen LogP) is 4.37. The number of anilines is 1. The average Bonchev–Trinajstić information content (AvgIpc) is 2.79. The fourth-order valence-electron chi connectivity index (χ4n) is 3.38. The van der Waals surface area contributed by atoms with Gasteiger partial charge in [-0.3, -0.25) is 20.0 Å². The third kappa shape index (κ3) is 5.76. The summed E-state index contributed by atoms with van der Waals surface area (Å²) in [5.41, 5.74) is 2.35. The van der Waals surface area contributed by atoms with Gasteiger partial charge in [-0.1, -0.05) is 55.9 Å². The van der Waals surface area contributed by atoms with E-state index in [1.54, 1.807) is 0 Å². The summed E-state index contributed by atoms with van der Waals surface area (Å²) >= 11 is 1.39. The number of hydrogen-bond acceptors (Lipinski definition) is 6. The zero-order valence-electron chi connectivity index (χ0n) is 19.8. The van der Waals surface area contributed by atoms with Gasteiger partial charge in [0.25, 0.3) is 5.91 Å². The smallest absolute Gasteiger partial charge is 0.332 e. The topological polar surface area (TPSA) is 79.7 Å². The third-order valence-electron chi connectivity index (χ3n) is 5.19. The van der Waals surface area contributed by atoms with Crippen LogP contribution >= 0.6 is 11.8 Å². The number of carbonyl (C=O) groups excluding carboxylic acids is 2. The number of likely N-dealkylation sites (N-methyl/N-ethyl adjacent to an activating group) is 1. The molecule has 1 aliphatic heterocycles. The number of nitrogens with zero attached hydrogens (tertiary/aromatic N) is 3. The highest BCUT2D eigenvalue weighted by molar-refractivity contribution is 8.03. The van der Waals surface area contributed by atoms with Crippen LogP contribution < -0.4 is 10.2 Å². The van der Waals surface area contributed by atoms with Crippen LogP contribution in [0.5, 0.6) is 0 Å². The summed E-state index contributed by atoms with van der Waals surface area (Å²) in [5.74, 6) is -0.380. The van der Waals surface area contributed by atoms with Gasteiger partial charge < -0.3 is 10.2 Å². The van der Waals surface area contributed by atoms with E-state index in [4.69, 9.17) is 5.41 Å². The van der Waals surface area contributed by atoms with Gasteiger partial charge >= 0.3 is 6.03 Å². The summed E-state index contributed by atoms with van der Waals surface area (Å²) < 4.78 is 0. The minimum atomic E-state index is -0.473. The zero-order valence-corrected chi connectivity index (χ0v) is 20.6. The minimum Gasteiger partial charge on any atom is -0.378 e. The maximum Gasteiger partial charge on any atom is 0.332 e. The molecule has 2 aromatic rings. The molecule has 0 saturated carbocycles. The molecule has 0 spiro atoms. The Balaban J connectivity index is 1.97. The van der Waals surface area contributed by atoms with Crippen molar-refractivity contribution in [2.24, 2.45) is 5.92 Å². The molecule has 174 valence electrons. The summed E-state index contributed by atoms with van der Waals surface area (Å²) in [6.45, 7) is 4.81. The van der Waals surface area contributed by atoms with E-state index >= 15 is 0 Å². The Labute approximate surface area is 199 Å². The molecule has 7 nitrogen and oxygen atoms in total. The van der Waals surface area contributed by atoms with Crippen LogP contribution in [-0.4, -0.2) is 55.3 Å². The van der Waals surface area contributed by atoms with E-state index in [-0.39, 0.29) is 17.3 Å². The van der Waals surface area contributed by atoms with Gasteiger partial charge in [0.2, 0.25) is 0 Å². The maximum absolute atomic E-state index is 13.2. The number of carbonyl (C=O) groups is 2. The van der Waals surface area contributed by atoms with Gasteiger partial charge in [0.05, 0.1) is 5.03 Å². The molecule has 0 aliphatic carbocycles. The molecule has 3 rings (SSSR count). The molecule has 0 radical (unpaired) electrons. The molecule has 2 aromatic carbocycles. The lowest BCUT2D eigenvalue weighted by Gasteiger charge is -2.35. The molecule has 1 fully saturated rings. The van der Waals surface area contributed by atoms with Crippen LogP contribution in [0, 0.1) is 11.3 Å². The van der Waals surface area contributed by atoms with Crippen molar-refractivity contribution in [1.29, 1.82) is 5.41 Å². The Morgan fingerprint density at radius 3 is 2.27 bits per heavy atom. The molecule has 0 atom stereocenters. The van der Waals surface area contributed by atoms with Crippen molar-refractivity contribution in [1.82, 2.24) is 15.1 Å². The van der Waals surface area contributed by atoms with Crippen molar-refractivity contribution in [3.63, 3.8) is 0 Å². The number of thioether (sulfide) groups is 1. The van der Waals surface area contributed by atoms with E-state index in [0.717, 1.165) is 21.0 Å². The van der Waals surface area contributed by atoms with Crippen molar-refractivity contribution < 1.29 is 9.59 Å². The number of rotatable bonds is 8. The lowest BCUT2D eigenvalue weighted by molar-refractivity contribution is -0.123. The Morgan fingerprint density at radius 1 is 1.06 bits per heavy atom. The summed E-state index contributed by atoms with van der Waals surface area (Å²) in [4.78, 5) is 31.3. The highest BCUT2D eigenvalue weighted by Crippen LogP contribution is 2.31. The lowest BCUT2D eigenvalue weighted by atomic mass is 10.1. The molecule has 0 aromatic heterocycles. The largest absolute Gasteiger partial charge is 0.378 e.